The Morgan fingerprint density at radius 1 is 1.30 bits per heavy atom. The lowest BCUT2D eigenvalue weighted by Gasteiger charge is -2.39. The molecule has 1 saturated carbocycles. The number of aliphatic hydroxyl groups is 1. The van der Waals surface area contributed by atoms with Crippen LogP contribution in [-0.2, 0) is 9.53 Å². The molecule has 2 aliphatic rings. The first-order valence-electron chi connectivity index (χ1n) is 7.05. The summed E-state index contributed by atoms with van der Waals surface area (Å²) in [4.78, 5) is 26.4. The van der Waals surface area contributed by atoms with Crippen molar-refractivity contribution in [3.63, 3.8) is 0 Å². The molecule has 1 aliphatic heterocycles. The molecule has 0 radical (unpaired) electrons. The highest BCUT2D eigenvalue weighted by molar-refractivity contribution is 5.77. The van der Waals surface area contributed by atoms with Gasteiger partial charge >= 0.3 is 12.0 Å². The van der Waals surface area contributed by atoms with E-state index in [-0.39, 0.29) is 25.2 Å². The highest BCUT2D eigenvalue weighted by atomic mass is 16.5. The molecule has 2 rings (SSSR count). The highest BCUT2D eigenvalue weighted by Gasteiger charge is 2.35. The molecule has 1 heterocycles. The van der Waals surface area contributed by atoms with Crippen LogP contribution in [0.2, 0.25) is 0 Å². The fraction of sp³-hybridized carbons (Fsp3) is 0.846. The zero-order valence-corrected chi connectivity index (χ0v) is 11.7. The van der Waals surface area contributed by atoms with Crippen molar-refractivity contribution in [2.45, 2.75) is 43.9 Å². The minimum Gasteiger partial charge on any atom is -0.479 e. The van der Waals surface area contributed by atoms with Crippen molar-refractivity contribution in [1.29, 1.82) is 0 Å². The number of carboxylic acids is 1. The van der Waals surface area contributed by atoms with Crippen LogP contribution in [0.3, 0.4) is 0 Å². The van der Waals surface area contributed by atoms with Gasteiger partial charge in [0.2, 0.25) is 0 Å². The molecule has 0 aromatic rings. The van der Waals surface area contributed by atoms with Gasteiger partial charge in [0.15, 0.2) is 6.10 Å². The maximum absolute atomic E-state index is 12.4. The average Bonchev–Trinajstić information content (AvgIpc) is 2.46. The third-order valence-corrected chi connectivity index (χ3v) is 4.11. The van der Waals surface area contributed by atoms with Crippen LogP contribution in [0, 0.1) is 0 Å². The van der Waals surface area contributed by atoms with E-state index < -0.39 is 18.2 Å². The number of aliphatic hydroxyl groups excluding tert-OH is 1. The van der Waals surface area contributed by atoms with Crippen molar-refractivity contribution in [2.24, 2.45) is 0 Å². The lowest BCUT2D eigenvalue weighted by molar-refractivity contribution is -0.154. The van der Waals surface area contributed by atoms with Crippen molar-refractivity contribution >= 4 is 12.0 Å². The second-order valence-corrected chi connectivity index (χ2v) is 5.46. The topological polar surface area (TPSA) is 90.3 Å². The van der Waals surface area contributed by atoms with E-state index in [1.54, 1.807) is 11.9 Å². The number of nitrogens with zero attached hydrogens (tertiary/aromatic N) is 2. The molecule has 20 heavy (non-hydrogen) atoms. The number of morpholine rings is 1. The van der Waals surface area contributed by atoms with Crippen LogP contribution in [0.1, 0.15) is 25.7 Å². The number of hydrogen-bond donors (Lipinski definition) is 2. The maximum atomic E-state index is 12.4. The SMILES string of the molecule is CN(C(=O)N1CCOC(C(=O)O)C1)C1CCCCC1O. The summed E-state index contributed by atoms with van der Waals surface area (Å²) >= 11 is 0. The van der Waals surface area contributed by atoms with Crippen molar-refractivity contribution in [1.82, 2.24) is 9.80 Å². The smallest absolute Gasteiger partial charge is 0.334 e. The largest absolute Gasteiger partial charge is 0.479 e. The molecule has 7 nitrogen and oxygen atoms in total. The van der Waals surface area contributed by atoms with Crippen molar-refractivity contribution in [3.05, 3.63) is 0 Å². The Morgan fingerprint density at radius 2 is 2.00 bits per heavy atom. The Morgan fingerprint density at radius 3 is 2.65 bits per heavy atom. The van der Waals surface area contributed by atoms with Gasteiger partial charge in [-0.15, -0.1) is 0 Å². The van der Waals surface area contributed by atoms with Gasteiger partial charge in [0.05, 0.1) is 25.3 Å². The van der Waals surface area contributed by atoms with Crippen LogP contribution in [-0.4, -0.2) is 77.0 Å². The van der Waals surface area contributed by atoms with Gasteiger partial charge in [0, 0.05) is 13.6 Å². The Kier molecular flexibility index (Phi) is 4.82. The molecule has 114 valence electrons. The second kappa shape index (κ2) is 6.41. The summed E-state index contributed by atoms with van der Waals surface area (Å²) in [6, 6.07) is -0.409. The van der Waals surface area contributed by atoms with Crippen LogP contribution < -0.4 is 0 Å². The number of hydrogen-bond acceptors (Lipinski definition) is 4. The molecule has 1 saturated heterocycles. The number of aliphatic carboxylic acids is 1. The van der Waals surface area contributed by atoms with Crippen molar-refractivity contribution < 1.29 is 24.5 Å². The Bertz CT molecular complexity index is 376. The molecule has 0 aromatic carbocycles. The van der Waals surface area contributed by atoms with Crippen molar-refractivity contribution in [2.75, 3.05) is 26.7 Å². The molecule has 0 spiro atoms. The minimum absolute atomic E-state index is 0.0569. The number of ether oxygens (including phenoxy) is 1. The highest BCUT2D eigenvalue weighted by Crippen LogP contribution is 2.23. The third kappa shape index (κ3) is 3.21. The zero-order chi connectivity index (χ0) is 14.7. The number of carboxylic acid groups (broad SMARTS) is 1. The van der Waals surface area contributed by atoms with Gasteiger partial charge in [-0.1, -0.05) is 12.8 Å². The molecule has 2 amide bonds. The maximum Gasteiger partial charge on any atom is 0.334 e. The summed E-state index contributed by atoms with van der Waals surface area (Å²) in [7, 11) is 1.67. The van der Waals surface area contributed by atoms with E-state index in [9.17, 15) is 14.7 Å². The first kappa shape index (κ1) is 15.1. The summed E-state index contributed by atoms with van der Waals surface area (Å²) in [6.07, 6.45) is 2.03. The van der Waals surface area contributed by atoms with Crippen LogP contribution in [0.25, 0.3) is 0 Å². The Balaban J connectivity index is 1.97. The van der Waals surface area contributed by atoms with Gasteiger partial charge in [0.25, 0.3) is 0 Å². The second-order valence-electron chi connectivity index (χ2n) is 5.46. The van der Waals surface area contributed by atoms with E-state index in [0.29, 0.717) is 13.0 Å². The molecule has 2 fully saturated rings. The van der Waals surface area contributed by atoms with E-state index in [0.717, 1.165) is 19.3 Å². The standard InChI is InChI=1S/C13H22N2O5/c1-14(9-4-2-3-5-10(9)16)13(19)15-6-7-20-11(8-15)12(17)18/h9-11,16H,2-8H2,1H3,(H,17,18). The summed E-state index contributed by atoms with van der Waals surface area (Å²) in [5.74, 6) is -1.05. The van der Waals surface area contributed by atoms with Gasteiger partial charge in [-0.25, -0.2) is 9.59 Å². The Hall–Kier alpha value is -1.34. The van der Waals surface area contributed by atoms with Gasteiger partial charge in [-0.05, 0) is 12.8 Å². The van der Waals surface area contributed by atoms with E-state index in [4.69, 9.17) is 9.84 Å². The molecular weight excluding hydrogens is 264 g/mol. The number of urea groups is 1. The van der Waals surface area contributed by atoms with Gasteiger partial charge in [-0.3, -0.25) is 0 Å². The van der Waals surface area contributed by atoms with Crippen molar-refractivity contribution in [3.8, 4) is 0 Å². The summed E-state index contributed by atoms with van der Waals surface area (Å²) < 4.78 is 5.10. The molecule has 1 aliphatic carbocycles. The van der Waals surface area contributed by atoms with E-state index in [2.05, 4.69) is 0 Å². The number of amides is 2. The average molecular weight is 286 g/mol. The predicted octanol–water partition coefficient (Wildman–Crippen LogP) is 0.127. The fourth-order valence-electron chi connectivity index (χ4n) is 2.88. The van der Waals surface area contributed by atoms with Crippen LogP contribution >= 0.6 is 0 Å². The summed E-state index contributed by atoms with van der Waals surface area (Å²) in [6.45, 7) is 0.668. The monoisotopic (exact) mass is 286 g/mol. The molecular formula is C13H22N2O5. The fourth-order valence-corrected chi connectivity index (χ4v) is 2.88. The molecule has 3 atom stereocenters. The first-order valence-corrected chi connectivity index (χ1v) is 7.05. The number of rotatable bonds is 2. The quantitative estimate of drug-likeness (QED) is 0.753. The third-order valence-electron chi connectivity index (χ3n) is 4.11. The molecule has 3 unspecified atom stereocenters. The zero-order valence-electron chi connectivity index (χ0n) is 11.7. The van der Waals surface area contributed by atoms with Gasteiger partial charge < -0.3 is 24.7 Å². The number of carbonyl (C=O) groups is 2. The predicted molar refractivity (Wildman–Crippen MR) is 70.4 cm³/mol. The van der Waals surface area contributed by atoms with Gasteiger partial charge in [-0.2, -0.15) is 0 Å². The first-order chi connectivity index (χ1) is 9.50. The van der Waals surface area contributed by atoms with Gasteiger partial charge in [0.1, 0.15) is 0 Å². The lowest BCUT2D eigenvalue weighted by atomic mass is 9.92. The van der Waals surface area contributed by atoms with Crippen LogP contribution in [0.4, 0.5) is 4.79 Å². The minimum atomic E-state index is -1.05. The molecule has 2 N–H and O–H groups in total. The van der Waals surface area contributed by atoms with E-state index in [1.807, 2.05) is 0 Å². The van der Waals surface area contributed by atoms with Crippen LogP contribution in [0.15, 0.2) is 0 Å². The molecule has 0 bridgehead atoms. The molecule has 0 aromatic heterocycles. The summed E-state index contributed by atoms with van der Waals surface area (Å²) in [5, 5.41) is 18.9. The number of carbonyl (C=O) groups excluding carboxylic acids is 1. The Labute approximate surface area is 118 Å². The normalized spacial score (nSPS) is 30.9. The number of likely N-dealkylation sites (N-methyl/N-ethyl adjacent to an activating group) is 1. The lowest BCUT2D eigenvalue weighted by Crippen LogP contribution is -2.56. The molecule has 7 heteroatoms. The van der Waals surface area contributed by atoms with E-state index >= 15 is 0 Å². The van der Waals surface area contributed by atoms with Crippen LogP contribution in [0.5, 0.6) is 0 Å². The van der Waals surface area contributed by atoms with E-state index in [1.165, 1.54) is 4.90 Å². The summed E-state index contributed by atoms with van der Waals surface area (Å²) in [5.41, 5.74) is 0.